The molecule has 2 nitrogen and oxygen atoms in total. The summed E-state index contributed by atoms with van der Waals surface area (Å²) in [6, 6.07) is 12.8. The molecule has 21 heavy (non-hydrogen) atoms. The van der Waals surface area contributed by atoms with Gasteiger partial charge in [0, 0.05) is 10.9 Å². The van der Waals surface area contributed by atoms with Gasteiger partial charge in [0.2, 0.25) is 0 Å². The van der Waals surface area contributed by atoms with Gasteiger partial charge in [-0.05, 0) is 37.3 Å². The van der Waals surface area contributed by atoms with Crippen LogP contribution in [-0.4, -0.2) is 4.98 Å². The molecule has 3 aromatic rings. The van der Waals surface area contributed by atoms with Gasteiger partial charge in [0.15, 0.2) is 0 Å². The molecule has 1 unspecified atom stereocenters. The van der Waals surface area contributed by atoms with Crippen molar-refractivity contribution >= 4 is 16.6 Å². The smallest absolute Gasteiger partial charge is 0.128 e. The topological polar surface area (TPSA) is 24.9 Å². The zero-order chi connectivity index (χ0) is 14.8. The maximum absolute atomic E-state index is 13.8. The highest BCUT2D eigenvalue weighted by atomic mass is 19.1. The number of hydrogen-bond donors (Lipinski definition) is 1. The first kappa shape index (κ1) is 13.5. The van der Waals surface area contributed by atoms with Gasteiger partial charge in [0.05, 0.1) is 23.4 Å². The predicted octanol–water partition coefficient (Wildman–Crippen LogP) is 4.69. The summed E-state index contributed by atoms with van der Waals surface area (Å²) < 4.78 is 27.0. The maximum Gasteiger partial charge on any atom is 0.128 e. The average molecular weight is 284 g/mol. The van der Waals surface area contributed by atoms with E-state index in [1.54, 1.807) is 13.1 Å². The van der Waals surface area contributed by atoms with E-state index in [2.05, 4.69) is 10.3 Å². The Balaban J connectivity index is 1.88. The van der Waals surface area contributed by atoms with Crippen molar-refractivity contribution in [3.8, 4) is 0 Å². The van der Waals surface area contributed by atoms with E-state index in [1.807, 2.05) is 30.3 Å². The van der Waals surface area contributed by atoms with Crippen molar-refractivity contribution < 1.29 is 8.78 Å². The van der Waals surface area contributed by atoms with Gasteiger partial charge in [-0.3, -0.25) is 4.98 Å². The van der Waals surface area contributed by atoms with Crippen LogP contribution in [0.15, 0.2) is 54.7 Å². The van der Waals surface area contributed by atoms with Gasteiger partial charge in [-0.2, -0.15) is 0 Å². The van der Waals surface area contributed by atoms with E-state index < -0.39 is 11.6 Å². The number of rotatable bonds is 3. The van der Waals surface area contributed by atoms with E-state index in [9.17, 15) is 8.78 Å². The molecule has 1 N–H and O–H groups in total. The number of pyridine rings is 1. The molecule has 2 aromatic carbocycles. The van der Waals surface area contributed by atoms with Crippen LogP contribution in [0.2, 0.25) is 0 Å². The number of nitrogens with one attached hydrogen (secondary N) is 1. The lowest BCUT2D eigenvalue weighted by Crippen LogP contribution is -2.09. The molecule has 1 atom stereocenters. The van der Waals surface area contributed by atoms with E-state index >= 15 is 0 Å². The van der Waals surface area contributed by atoms with Gasteiger partial charge < -0.3 is 5.32 Å². The Morgan fingerprint density at radius 3 is 2.71 bits per heavy atom. The lowest BCUT2D eigenvalue weighted by Gasteiger charge is -2.16. The van der Waals surface area contributed by atoms with Crippen LogP contribution in [0, 0.1) is 11.6 Å². The van der Waals surface area contributed by atoms with Crippen molar-refractivity contribution in [1.29, 1.82) is 0 Å². The van der Waals surface area contributed by atoms with Crippen LogP contribution in [0.5, 0.6) is 0 Å². The second kappa shape index (κ2) is 5.48. The Morgan fingerprint density at radius 1 is 1.05 bits per heavy atom. The molecule has 0 aliphatic rings. The van der Waals surface area contributed by atoms with E-state index in [1.165, 1.54) is 6.07 Å². The quantitative estimate of drug-likeness (QED) is 0.755. The largest absolute Gasteiger partial charge is 0.377 e. The van der Waals surface area contributed by atoms with Crippen LogP contribution in [0.25, 0.3) is 10.9 Å². The molecule has 0 radical (unpaired) electrons. The molecule has 106 valence electrons. The van der Waals surface area contributed by atoms with Crippen molar-refractivity contribution in [3.63, 3.8) is 0 Å². The highest BCUT2D eigenvalue weighted by Gasteiger charge is 2.12. The molecule has 0 amide bonds. The first-order valence-electron chi connectivity index (χ1n) is 6.70. The van der Waals surface area contributed by atoms with E-state index in [0.29, 0.717) is 5.56 Å². The SMILES string of the molecule is CC(Nc1cnc2ccccc2c1)c1cc(F)ccc1F. The molecule has 0 saturated carbocycles. The van der Waals surface area contributed by atoms with E-state index in [4.69, 9.17) is 0 Å². The third kappa shape index (κ3) is 2.84. The molecule has 4 heteroatoms. The molecule has 0 aliphatic carbocycles. The van der Waals surface area contributed by atoms with Gasteiger partial charge in [-0.1, -0.05) is 18.2 Å². The number of benzene rings is 2. The van der Waals surface area contributed by atoms with Gasteiger partial charge in [0.25, 0.3) is 0 Å². The number of halogens is 2. The Hall–Kier alpha value is -2.49. The summed E-state index contributed by atoms with van der Waals surface area (Å²) in [6.07, 6.45) is 1.69. The van der Waals surface area contributed by atoms with Crippen LogP contribution in [0.3, 0.4) is 0 Å². The lowest BCUT2D eigenvalue weighted by molar-refractivity contribution is 0.577. The Morgan fingerprint density at radius 2 is 1.86 bits per heavy atom. The van der Waals surface area contributed by atoms with Gasteiger partial charge in [-0.25, -0.2) is 8.78 Å². The first-order chi connectivity index (χ1) is 10.1. The zero-order valence-electron chi connectivity index (χ0n) is 11.5. The van der Waals surface area contributed by atoms with Crippen LogP contribution in [-0.2, 0) is 0 Å². The van der Waals surface area contributed by atoms with Crippen molar-refractivity contribution in [2.24, 2.45) is 0 Å². The van der Waals surface area contributed by atoms with Crippen LogP contribution in [0.1, 0.15) is 18.5 Å². The summed E-state index contributed by atoms with van der Waals surface area (Å²) in [5.74, 6) is -0.873. The summed E-state index contributed by atoms with van der Waals surface area (Å²) in [4.78, 5) is 4.34. The molecule has 0 bridgehead atoms. The summed E-state index contributed by atoms with van der Waals surface area (Å²) in [5, 5.41) is 4.14. The second-order valence-electron chi connectivity index (χ2n) is 4.95. The van der Waals surface area contributed by atoms with Gasteiger partial charge in [-0.15, -0.1) is 0 Å². The fraction of sp³-hybridized carbons (Fsp3) is 0.118. The molecule has 1 heterocycles. The predicted molar refractivity (Wildman–Crippen MR) is 80.1 cm³/mol. The highest BCUT2D eigenvalue weighted by molar-refractivity contribution is 5.81. The van der Waals surface area contributed by atoms with Gasteiger partial charge in [0.1, 0.15) is 11.6 Å². The second-order valence-corrected chi connectivity index (χ2v) is 4.95. The number of para-hydroxylation sites is 1. The third-order valence-electron chi connectivity index (χ3n) is 3.40. The highest BCUT2D eigenvalue weighted by Crippen LogP contribution is 2.24. The molecule has 0 aliphatic heterocycles. The Bertz CT molecular complexity index is 787. The summed E-state index contributed by atoms with van der Waals surface area (Å²) in [5.41, 5.74) is 1.96. The fourth-order valence-electron chi connectivity index (χ4n) is 2.32. The fourth-order valence-corrected chi connectivity index (χ4v) is 2.32. The van der Waals surface area contributed by atoms with Gasteiger partial charge >= 0.3 is 0 Å². The monoisotopic (exact) mass is 284 g/mol. The van der Waals surface area contributed by atoms with Crippen LogP contribution >= 0.6 is 0 Å². The molecule has 0 spiro atoms. The Labute approximate surface area is 121 Å². The summed E-state index contributed by atoms with van der Waals surface area (Å²) in [7, 11) is 0. The average Bonchev–Trinajstić information content (AvgIpc) is 2.49. The normalized spacial score (nSPS) is 12.3. The minimum absolute atomic E-state index is 0.295. The van der Waals surface area contributed by atoms with Crippen molar-refractivity contribution in [2.45, 2.75) is 13.0 Å². The zero-order valence-corrected chi connectivity index (χ0v) is 11.5. The molecule has 1 aromatic heterocycles. The van der Waals surface area contributed by atoms with E-state index in [-0.39, 0.29) is 6.04 Å². The number of nitrogens with zero attached hydrogens (tertiary/aromatic N) is 1. The third-order valence-corrected chi connectivity index (χ3v) is 3.40. The van der Waals surface area contributed by atoms with Crippen molar-refractivity contribution in [3.05, 3.63) is 71.9 Å². The number of aromatic nitrogens is 1. The molecule has 3 rings (SSSR count). The van der Waals surface area contributed by atoms with Crippen molar-refractivity contribution in [2.75, 3.05) is 5.32 Å². The summed E-state index contributed by atoms with van der Waals surface area (Å²) >= 11 is 0. The number of anilines is 1. The van der Waals surface area contributed by atoms with Crippen LogP contribution < -0.4 is 5.32 Å². The molecule has 0 saturated heterocycles. The summed E-state index contributed by atoms with van der Waals surface area (Å²) in [6.45, 7) is 1.78. The maximum atomic E-state index is 13.8. The van der Waals surface area contributed by atoms with Crippen LogP contribution in [0.4, 0.5) is 14.5 Å². The van der Waals surface area contributed by atoms with E-state index in [0.717, 1.165) is 28.7 Å². The minimum atomic E-state index is -0.448. The number of hydrogen-bond acceptors (Lipinski definition) is 2. The molecular formula is C17H14F2N2. The number of fused-ring (bicyclic) bond motifs is 1. The molecular weight excluding hydrogens is 270 g/mol. The van der Waals surface area contributed by atoms with Crippen molar-refractivity contribution in [1.82, 2.24) is 4.98 Å². The molecule has 0 fully saturated rings. The standard InChI is InChI=1S/C17H14F2N2/c1-11(15-9-13(18)6-7-16(15)19)21-14-8-12-4-2-3-5-17(12)20-10-14/h2-11,21H,1H3. The minimum Gasteiger partial charge on any atom is -0.377 e. The first-order valence-corrected chi connectivity index (χ1v) is 6.70. The Kier molecular flexibility index (Phi) is 3.52. The lowest BCUT2D eigenvalue weighted by atomic mass is 10.1.